The molecule has 0 radical (unpaired) electrons. The van der Waals surface area contributed by atoms with E-state index in [1.165, 1.54) is 0 Å². The third-order valence-corrected chi connectivity index (χ3v) is 9.88. The van der Waals surface area contributed by atoms with Crippen LogP contribution in [0.5, 0.6) is 0 Å². The molecule has 0 saturated carbocycles. The number of thiol groups is 3. The van der Waals surface area contributed by atoms with Gasteiger partial charge in [-0.25, -0.2) is 0 Å². The molecular formula is C32H66O10S6. The number of ether oxygens (including phenoxy) is 9. The Balaban J connectivity index is 4.21. The van der Waals surface area contributed by atoms with Crippen LogP contribution >= 0.6 is 73.2 Å². The zero-order valence-electron chi connectivity index (χ0n) is 29.1. The van der Waals surface area contributed by atoms with E-state index in [-0.39, 0.29) is 6.61 Å². The van der Waals surface area contributed by atoms with Crippen LogP contribution in [-0.4, -0.2) is 182 Å². The Morgan fingerprint density at radius 3 is 0.917 bits per heavy atom. The van der Waals surface area contributed by atoms with Gasteiger partial charge in [-0.15, -0.1) is 0 Å². The molecule has 0 aromatic heterocycles. The Morgan fingerprint density at radius 1 is 0.354 bits per heavy atom. The second-order valence-electron chi connectivity index (χ2n) is 10.6. The van der Waals surface area contributed by atoms with Crippen molar-refractivity contribution in [3.63, 3.8) is 0 Å². The van der Waals surface area contributed by atoms with Crippen LogP contribution in [0, 0.1) is 5.41 Å². The molecule has 0 rings (SSSR count). The first-order chi connectivity index (χ1) is 23.7. The van der Waals surface area contributed by atoms with Gasteiger partial charge in [-0.2, -0.15) is 73.2 Å². The van der Waals surface area contributed by atoms with Crippen molar-refractivity contribution >= 4 is 73.2 Å². The summed E-state index contributed by atoms with van der Waals surface area (Å²) in [5.74, 6) is 8.02. The lowest BCUT2D eigenvalue weighted by Gasteiger charge is -2.31. The lowest BCUT2D eigenvalue weighted by Crippen LogP contribution is -2.41. The van der Waals surface area contributed by atoms with E-state index >= 15 is 0 Å². The van der Waals surface area contributed by atoms with Gasteiger partial charge in [0.15, 0.2) is 0 Å². The molecule has 0 spiro atoms. The summed E-state index contributed by atoms with van der Waals surface area (Å²) in [4.78, 5) is 0. The van der Waals surface area contributed by atoms with Crippen molar-refractivity contribution in [3.8, 4) is 0 Å². The van der Waals surface area contributed by atoms with E-state index in [2.05, 4.69) is 37.9 Å². The average Bonchev–Trinajstić information content (AvgIpc) is 3.10. The van der Waals surface area contributed by atoms with Crippen molar-refractivity contribution in [1.82, 2.24) is 0 Å². The van der Waals surface area contributed by atoms with Crippen LogP contribution in [0.3, 0.4) is 0 Å². The summed E-state index contributed by atoms with van der Waals surface area (Å²) in [6.45, 7) is 10.9. The molecule has 0 fully saturated rings. The number of hydrogen-bond acceptors (Lipinski definition) is 16. The monoisotopic (exact) mass is 802 g/mol. The zero-order chi connectivity index (χ0) is 34.9. The van der Waals surface area contributed by atoms with Gasteiger partial charge in [0.2, 0.25) is 0 Å². The molecular weight excluding hydrogens is 737 g/mol. The Kier molecular flexibility index (Phi) is 44.6. The zero-order valence-corrected chi connectivity index (χ0v) is 34.2. The number of rotatable bonds is 43. The van der Waals surface area contributed by atoms with E-state index in [1.807, 2.05) is 35.3 Å². The van der Waals surface area contributed by atoms with Gasteiger partial charge in [0.1, 0.15) is 0 Å². The summed E-state index contributed by atoms with van der Waals surface area (Å²) in [6, 6.07) is 0. The molecule has 1 N–H and O–H groups in total. The molecule has 10 nitrogen and oxygen atoms in total. The lowest BCUT2D eigenvalue weighted by atomic mass is 9.92. The molecule has 0 atom stereocenters. The quantitative estimate of drug-likeness (QED) is 0.0522. The second kappa shape index (κ2) is 43.1. The van der Waals surface area contributed by atoms with Crippen molar-refractivity contribution in [2.24, 2.45) is 5.41 Å². The van der Waals surface area contributed by atoms with Gasteiger partial charge in [0, 0.05) is 54.3 Å². The molecule has 48 heavy (non-hydrogen) atoms. The van der Waals surface area contributed by atoms with Crippen molar-refractivity contribution in [2.75, 3.05) is 177 Å². The predicted octanol–water partition coefficient (Wildman–Crippen LogP) is 4.27. The molecule has 0 aliphatic heterocycles. The van der Waals surface area contributed by atoms with Crippen molar-refractivity contribution in [3.05, 3.63) is 0 Å². The number of aliphatic hydroxyl groups is 1. The van der Waals surface area contributed by atoms with Crippen LogP contribution < -0.4 is 0 Å². The third kappa shape index (κ3) is 37.5. The Morgan fingerprint density at radius 2 is 0.646 bits per heavy atom. The highest BCUT2D eigenvalue weighted by molar-refractivity contribution is 7.99. The van der Waals surface area contributed by atoms with Crippen LogP contribution in [0.1, 0.15) is 19.3 Å². The van der Waals surface area contributed by atoms with Gasteiger partial charge in [0.25, 0.3) is 0 Å². The number of thioether (sulfide) groups is 3. The van der Waals surface area contributed by atoms with Crippen LogP contribution in [0.25, 0.3) is 0 Å². The summed E-state index contributed by atoms with van der Waals surface area (Å²) >= 11 is 17.9. The van der Waals surface area contributed by atoms with Gasteiger partial charge in [-0.3, -0.25) is 0 Å². The van der Waals surface area contributed by atoms with E-state index in [4.69, 9.17) is 42.6 Å². The Hall–Kier alpha value is 1.70. The standard InChI is InChI=1S/C32H66O10S6/c33-28-32(29-40-4-1-22-46-25-16-37-10-7-34-13-19-43,30-41-5-2-23-47-26-17-38-11-8-35-14-20-44)31-42-6-3-24-48-27-18-39-12-9-36-15-21-45/h33,43-45H,1-31H2. The molecule has 0 heterocycles. The van der Waals surface area contributed by atoms with Crippen LogP contribution in [-0.2, 0) is 42.6 Å². The second-order valence-corrected chi connectivity index (χ2v) is 15.6. The molecule has 0 aromatic carbocycles. The maximum absolute atomic E-state index is 10.4. The van der Waals surface area contributed by atoms with Gasteiger partial charge >= 0.3 is 0 Å². The molecule has 0 aliphatic rings. The SMILES string of the molecule is OCC(COCCCSCCOCCOCCS)(COCCCSCCOCCOCCS)COCCCSCCOCCOCCS. The predicted molar refractivity (Wildman–Crippen MR) is 214 cm³/mol. The summed E-state index contributed by atoms with van der Waals surface area (Å²) < 4.78 is 51.0. The van der Waals surface area contributed by atoms with Crippen LogP contribution in [0.2, 0.25) is 0 Å². The van der Waals surface area contributed by atoms with Crippen molar-refractivity contribution in [2.45, 2.75) is 19.3 Å². The molecule has 0 bridgehead atoms. The van der Waals surface area contributed by atoms with E-state index in [9.17, 15) is 5.11 Å². The molecule has 0 amide bonds. The fourth-order valence-corrected chi connectivity index (χ4v) is 6.41. The van der Waals surface area contributed by atoms with Gasteiger partial charge in [0.05, 0.1) is 111 Å². The molecule has 0 aliphatic carbocycles. The van der Waals surface area contributed by atoms with Crippen molar-refractivity contribution < 1.29 is 47.7 Å². The van der Waals surface area contributed by atoms with Crippen LogP contribution in [0.15, 0.2) is 0 Å². The van der Waals surface area contributed by atoms with Crippen LogP contribution in [0.4, 0.5) is 0 Å². The summed E-state index contributed by atoms with van der Waals surface area (Å²) in [5, 5.41) is 10.4. The third-order valence-electron chi connectivity index (χ3n) is 6.23. The first-order valence-electron chi connectivity index (χ1n) is 17.1. The maximum atomic E-state index is 10.4. The largest absolute Gasteiger partial charge is 0.396 e. The van der Waals surface area contributed by atoms with E-state index in [0.29, 0.717) is 99.1 Å². The molecule has 0 unspecified atom stereocenters. The highest BCUT2D eigenvalue weighted by Gasteiger charge is 2.31. The Bertz CT molecular complexity index is 534. The lowest BCUT2D eigenvalue weighted by molar-refractivity contribution is -0.0923. The van der Waals surface area contributed by atoms with Gasteiger partial charge in [-0.1, -0.05) is 0 Å². The first kappa shape index (κ1) is 49.7. The van der Waals surface area contributed by atoms with Gasteiger partial charge < -0.3 is 47.7 Å². The average molecular weight is 803 g/mol. The normalized spacial score (nSPS) is 12.0. The van der Waals surface area contributed by atoms with E-state index < -0.39 is 5.41 Å². The van der Waals surface area contributed by atoms with Crippen molar-refractivity contribution in [1.29, 1.82) is 0 Å². The summed E-state index contributed by atoms with van der Waals surface area (Å²) in [6.07, 6.45) is 2.81. The summed E-state index contributed by atoms with van der Waals surface area (Å²) in [7, 11) is 0. The topological polar surface area (TPSA) is 103 Å². The highest BCUT2D eigenvalue weighted by Crippen LogP contribution is 2.20. The smallest absolute Gasteiger partial charge is 0.0700 e. The number of aliphatic hydroxyl groups excluding tert-OH is 1. The minimum Gasteiger partial charge on any atom is -0.396 e. The first-order valence-corrected chi connectivity index (χ1v) is 22.5. The Labute approximate surface area is 321 Å². The molecule has 0 aromatic rings. The maximum Gasteiger partial charge on any atom is 0.0700 e. The molecule has 16 heteroatoms. The molecule has 290 valence electrons. The van der Waals surface area contributed by atoms with E-state index in [0.717, 1.165) is 90.9 Å². The fraction of sp³-hybridized carbons (Fsp3) is 1.00. The fourth-order valence-electron chi connectivity index (χ4n) is 3.74. The minimum absolute atomic E-state index is 0.0512. The number of hydrogen-bond donors (Lipinski definition) is 4. The van der Waals surface area contributed by atoms with E-state index in [1.54, 1.807) is 0 Å². The summed E-state index contributed by atoms with van der Waals surface area (Å²) in [5.41, 5.74) is -0.581. The highest BCUT2D eigenvalue weighted by atomic mass is 32.2. The van der Waals surface area contributed by atoms with Gasteiger partial charge in [-0.05, 0) is 36.5 Å². The minimum atomic E-state index is -0.581. The molecule has 0 saturated heterocycles.